The number of nitrogens with one attached hydrogen (secondary N) is 2. The Hall–Kier alpha value is -7.21. The number of imide groups is 1. The van der Waals surface area contributed by atoms with Crippen LogP contribution in [0.25, 0.3) is 44.0 Å². The Morgan fingerprint density at radius 3 is 2.67 bits per heavy atom. The zero-order valence-corrected chi connectivity index (χ0v) is 40.0. The van der Waals surface area contributed by atoms with E-state index < -0.39 is 40.8 Å². The summed E-state index contributed by atoms with van der Waals surface area (Å²) in [6, 6.07) is 12.3. The van der Waals surface area contributed by atoms with E-state index in [1.807, 2.05) is 4.90 Å². The molecule has 6 aromatic rings. The second-order valence-electron chi connectivity index (χ2n) is 19.3. The lowest BCUT2D eigenvalue weighted by molar-refractivity contribution is -0.135. The molecule has 3 amide bonds. The number of fused-ring (bicyclic) bond motifs is 4. The number of pyridine rings is 1. The number of terminal acetylenes is 1. The number of amides is 3. The number of carbonyl (C=O) groups excluding carboxylic acids is 3. The summed E-state index contributed by atoms with van der Waals surface area (Å²) < 4.78 is 58.6. The first-order valence-corrected chi connectivity index (χ1v) is 24.3. The number of hydrogen-bond donors (Lipinski definition) is 3. The number of anilines is 1. The Morgan fingerprint density at radius 1 is 1.00 bits per heavy atom. The number of halogens is 2. The average Bonchev–Trinajstić information content (AvgIpc) is 4.01. The van der Waals surface area contributed by atoms with Crippen molar-refractivity contribution < 1.29 is 47.2 Å². The fourth-order valence-corrected chi connectivity index (χ4v) is 11.0. The van der Waals surface area contributed by atoms with Crippen LogP contribution in [0, 0.1) is 24.0 Å². The molecule has 3 aromatic heterocycles. The standard InChI is InChI=1S/C52H55F2N9O9/c1-4-34-37(53)12-10-31-8-5-9-35(42(31)34)44-43(54)45-36(27-56-44)46(61-21-6-17-51(2,68)29-61)59-48(58-45)72-30-52-18-7-22-62(52)32(16-19-52)28-71-49(66)55-20-23-69-24-25-70-33-11-13-38-40(26-33)60(3)50(67)63(38)39-14-15-41(64)57-47(39)65/h1,5,8-13,26-27,32,39,68H,6-7,14-25,28-30H2,2-3H3,(H,55,66)(H,57,64,65)/t32-,39?,51+,52-/m0/s1. The van der Waals surface area contributed by atoms with Crippen LogP contribution in [0.15, 0.2) is 59.5 Å². The molecule has 0 bridgehead atoms. The fraction of sp³-hybridized carbons (Fsp3) is 0.442. The molecule has 0 aliphatic carbocycles. The lowest BCUT2D eigenvalue weighted by Gasteiger charge is -2.38. The van der Waals surface area contributed by atoms with Crippen LogP contribution in [0.4, 0.5) is 19.4 Å². The Labute approximate surface area is 412 Å². The Bertz CT molecular complexity index is 3230. The number of nitrogens with zero attached hydrogens (tertiary/aromatic N) is 7. The van der Waals surface area contributed by atoms with Crippen molar-refractivity contribution in [3.63, 3.8) is 0 Å². The van der Waals surface area contributed by atoms with Crippen molar-refractivity contribution in [3.8, 4) is 35.4 Å². The summed E-state index contributed by atoms with van der Waals surface area (Å²) in [6.07, 6.45) is 11.6. The second-order valence-corrected chi connectivity index (χ2v) is 19.3. The monoisotopic (exact) mass is 987 g/mol. The Kier molecular flexibility index (Phi) is 13.3. The highest BCUT2D eigenvalue weighted by Crippen LogP contribution is 2.44. The number of rotatable bonds is 15. The van der Waals surface area contributed by atoms with Crippen LogP contribution in [0.1, 0.15) is 69.9 Å². The summed E-state index contributed by atoms with van der Waals surface area (Å²) in [7, 11) is 1.61. The number of hydrogen-bond acceptors (Lipinski definition) is 14. The van der Waals surface area contributed by atoms with Crippen LogP contribution >= 0.6 is 0 Å². The van der Waals surface area contributed by atoms with Crippen molar-refractivity contribution in [2.45, 2.75) is 81.5 Å². The van der Waals surface area contributed by atoms with E-state index >= 15 is 4.39 Å². The molecule has 18 nitrogen and oxygen atoms in total. The van der Waals surface area contributed by atoms with Crippen LogP contribution in [-0.2, 0) is 26.1 Å². The topological polar surface area (TPSA) is 204 Å². The summed E-state index contributed by atoms with van der Waals surface area (Å²) >= 11 is 0. The molecule has 20 heteroatoms. The lowest BCUT2D eigenvalue weighted by atomic mass is 9.95. The van der Waals surface area contributed by atoms with Crippen molar-refractivity contribution in [2.24, 2.45) is 7.05 Å². The molecular formula is C52H55F2N9O9. The van der Waals surface area contributed by atoms with Crippen molar-refractivity contribution >= 4 is 56.4 Å². The van der Waals surface area contributed by atoms with Gasteiger partial charge in [-0.15, -0.1) is 6.42 Å². The number of piperidine rings is 2. The highest BCUT2D eigenvalue weighted by molar-refractivity contribution is 6.02. The fourth-order valence-electron chi connectivity index (χ4n) is 11.0. The van der Waals surface area contributed by atoms with Gasteiger partial charge in [0.05, 0.1) is 46.3 Å². The van der Waals surface area contributed by atoms with E-state index in [1.54, 1.807) is 56.4 Å². The number of aliphatic hydroxyl groups is 1. The highest BCUT2D eigenvalue weighted by Gasteiger charge is 2.50. The van der Waals surface area contributed by atoms with Crippen molar-refractivity contribution in [2.75, 3.05) is 64.1 Å². The first kappa shape index (κ1) is 48.4. The number of imidazole rings is 1. The third-order valence-corrected chi connectivity index (χ3v) is 14.5. The zero-order valence-electron chi connectivity index (χ0n) is 40.0. The third-order valence-electron chi connectivity index (χ3n) is 14.5. The summed E-state index contributed by atoms with van der Waals surface area (Å²) in [4.78, 5) is 68.3. The zero-order chi connectivity index (χ0) is 50.3. The molecular weight excluding hydrogens is 933 g/mol. The Balaban J connectivity index is 0.743. The minimum absolute atomic E-state index is 0.00575. The first-order valence-electron chi connectivity index (χ1n) is 24.3. The summed E-state index contributed by atoms with van der Waals surface area (Å²) in [5.41, 5.74) is -0.396. The van der Waals surface area contributed by atoms with Crippen LogP contribution in [0.2, 0.25) is 0 Å². The van der Waals surface area contributed by atoms with Gasteiger partial charge in [-0.2, -0.15) is 9.97 Å². The number of ether oxygens (including phenoxy) is 4. The molecule has 7 heterocycles. The van der Waals surface area contributed by atoms with Crippen molar-refractivity contribution in [3.05, 3.63) is 82.4 Å². The summed E-state index contributed by atoms with van der Waals surface area (Å²) in [5, 5.41) is 17.5. The van der Waals surface area contributed by atoms with Gasteiger partial charge in [0.15, 0.2) is 5.82 Å². The average molecular weight is 988 g/mol. The van der Waals surface area contributed by atoms with Gasteiger partial charge in [-0.3, -0.25) is 33.9 Å². The van der Waals surface area contributed by atoms with E-state index in [0.29, 0.717) is 63.7 Å². The van der Waals surface area contributed by atoms with Crippen LogP contribution in [-0.4, -0.2) is 128 Å². The molecule has 0 saturated carbocycles. The third kappa shape index (κ3) is 9.27. The van der Waals surface area contributed by atoms with Gasteiger partial charge in [-0.05, 0) is 82.0 Å². The molecule has 4 fully saturated rings. The quantitative estimate of drug-likeness (QED) is 0.0681. The molecule has 4 aliphatic heterocycles. The van der Waals surface area contributed by atoms with Crippen molar-refractivity contribution in [1.82, 2.24) is 39.6 Å². The summed E-state index contributed by atoms with van der Waals surface area (Å²) in [5.74, 6) is 1.11. The maximum atomic E-state index is 17.1. The highest BCUT2D eigenvalue weighted by atomic mass is 19.1. The van der Waals surface area contributed by atoms with Gasteiger partial charge >= 0.3 is 17.8 Å². The molecule has 4 atom stereocenters. The molecule has 0 radical (unpaired) electrons. The molecule has 3 aromatic carbocycles. The number of aryl methyl sites for hydroxylation is 1. The first-order chi connectivity index (χ1) is 34.7. The molecule has 0 spiro atoms. The van der Waals surface area contributed by atoms with Crippen LogP contribution in [0.5, 0.6) is 11.8 Å². The van der Waals surface area contributed by atoms with Gasteiger partial charge in [0.25, 0.3) is 0 Å². The molecule has 4 aliphatic rings. The van der Waals surface area contributed by atoms with Gasteiger partial charge in [0.2, 0.25) is 11.8 Å². The SMILES string of the molecule is C#Cc1c(F)ccc2cccc(-c3ncc4c(N5CCC[C@@](C)(O)C5)nc(OC[C@@]56CCCN5[C@H](COC(=O)NCCOCCOc5ccc7c(c5)n(C)c(=O)n7C5CCC(=O)NC5=O)CC6)nc4c3F)c12. The van der Waals surface area contributed by atoms with E-state index in [0.717, 1.165) is 32.2 Å². The van der Waals surface area contributed by atoms with Gasteiger partial charge in [0, 0.05) is 62.4 Å². The second kappa shape index (κ2) is 19.8. The number of carbonyl (C=O) groups is 3. The van der Waals surface area contributed by atoms with Crippen LogP contribution in [0.3, 0.4) is 0 Å². The summed E-state index contributed by atoms with van der Waals surface area (Å²) in [6.45, 7) is 4.58. The number of benzene rings is 3. The maximum absolute atomic E-state index is 17.1. The number of β-amino-alcohol motifs (C(OH)–C–C–N with tert-alkyl or cyclic N) is 1. The molecule has 10 rings (SSSR count). The predicted molar refractivity (Wildman–Crippen MR) is 262 cm³/mol. The molecule has 376 valence electrons. The van der Waals surface area contributed by atoms with Gasteiger partial charge in [-0.1, -0.05) is 30.2 Å². The minimum atomic E-state index is -1.00. The molecule has 1 unspecified atom stereocenters. The molecule has 72 heavy (non-hydrogen) atoms. The maximum Gasteiger partial charge on any atom is 0.407 e. The largest absolute Gasteiger partial charge is 0.491 e. The van der Waals surface area contributed by atoms with Crippen LogP contribution < -0.4 is 30.7 Å². The molecule has 4 saturated heterocycles. The number of aromatic nitrogens is 5. The lowest BCUT2D eigenvalue weighted by Crippen LogP contribution is -2.48. The molecule has 3 N–H and O–H groups in total. The van der Waals surface area contributed by atoms with E-state index in [2.05, 4.69) is 31.4 Å². The normalized spacial score (nSPS) is 22.3. The smallest absolute Gasteiger partial charge is 0.407 e. The number of alkyl carbamates (subject to hydrolysis) is 1. The predicted octanol–water partition coefficient (Wildman–Crippen LogP) is 5.28. The minimum Gasteiger partial charge on any atom is -0.491 e. The van der Waals surface area contributed by atoms with Gasteiger partial charge in [-0.25, -0.2) is 18.4 Å². The van der Waals surface area contributed by atoms with E-state index in [1.165, 1.54) is 21.4 Å². The van der Waals surface area contributed by atoms with Gasteiger partial charge in [0.1, 0.15) is 54.5 Å². The van der Waals surface area contributed by atoms with E-state index in [4.69, 9.17) is 30.4 Å². The Morgan fingerprint density at radius 2 is 1.85 bits per heavy atom. The van der Waals surface area contributed by atoms with E-state index in [-0.39, 0.29) is 99.4 Å². The van der Waals surface area contributed by atoms with Crippen molar-refractivity contribution in [1.29, 1.82) is 0 Å². The van der Waals surface area contributed by atoms with Gasteiger partial charge < -0.3 is 34.3 Å². The van der Waals surface area contributed by atoms with E-state index in [9.17, 15) is 28.7 Å².